The SMILES string of the molecule is COc1ccc2c(c1F)N(C1(C)CCOC1C)CN=C2. The number of ether oxygens (including phenoxy) is 2. The Balaban J connectivity index is 2.12. The summed E-state index contributed by atoms with van der Waals surface area (Å²) in [5.74, 6) is -0.0595. The van der Waals surface area contributed by atoms with Crippen LogP contribution in [0.5, 0.6) is 5.75 Å². The Morgan fingerprint density at radius 3 is 2.95 bits per heavy atom. The third kappa shape index (κ3) is 1.80. The molecule has 0 saturated carbocycles. The molecule has 0 amide bonds. The summed E-state index contributed by atoms with van der Waals surface area (Å²) in [6.45, 7) is 5.28. The molecule has 0 N–H and O–H groups in total. The standard InChI is InChI=1S/C15H19FN2O2/c1-10-15(2,6-7-20-10)18-9-17-8-11-4-5-12(19-3)13(16)14(11)18/h4-5,8,10H,6-7,9H2,1-3H3. The maximum Gasteiger partial charge on any atom is 0.189 e. The molecule has 2 heterocycles. The van der Waals surface area contributed by atoms with Gasteiger partial charge in [0, 0.05) is 18.4 Å². The van der Waals surface area contributed by atoms with Crippen molar-refractivity contribution in [2.24, 2.45) is 4.99 Å². The van der Waals surface area contributed by atoms with Gasteiger partial charge < -0.3 is 14.4 Å². The van der Waals surface area contributed by atoms with Crippen LogP contribution in [-0.2, 0) is 4.74 Å². The van der Waals surface area contributed by atoms with Gasteiger partial charge in [-0.2, -0.15) is 0 Å². The zero-order valence-corrected chi connectivity index (χ0v) is 12.0. The summed E-state index contributed by atoms with van der Waals surface area (Å²) in [5, 5.41) is 0. The largest absolute Gasteiger partial charge is 0.494 e. The number of hydrogen-bond acceptors (Lipinski definition) is 4. The van der Waals surface area contributed by atoms with Crippen molar-refractivity contribution in [1.29, 1.82) is 0 Å². The highest BCUT2D eigenvalue weighted by Crippen LogP contribution is 2.41. The monoisotopic (exact) mass is 278 g/mol. The molecule has 0 radical (unpaired) electrons. The fourth-order valence-electron chi connectivity index (χ4n) is 2.99. The molecular weight excluding hydrogens is 259 g/mol. The van der Waals surface area contributed by atoms with Gasteiger partial charge in [0.1, 0.15) is 6.67 Å². The van der Waals surface area contributed by atoms with Crippen LogP contribution in [0.25, 0.3) is 0 Å². The van der Waals surface area contributed by atoms with E-state index in [0.29, 0.717) is 19.0 Å². The second kappa shape index (κ2) is 4.74. The lowest BCUT2D eigenvalue weighted by atomic mass is 9.90. The van der Waals surface area contributed by atoms with Gasteiger partial charge >= 0.3 is 0 Å². The first-order valence-corrected chi connectivity index (χ1v) is 6.83. The Labute approximate surface area is 118 Å². The third-order valence-electron chi connectivity index (χ3n) is 4.52. The minimum atomic E-state index is -0.323. The van der Waals surface area contributed by atoms with Gasteiger partial charge in [-0.25, -0.2) is 4.39 Å². The van der Waals surface area contributed by atoms with Crippen molar-refractivity contribution >= 4 is 11.9 Å². The van der Waals surface area contributed by atoms with Crippen LogP contribution in [0.2, 0.25) is 0 Å². The second-order valence-corrected chi connectivity index (χ2v) is 5.52. The lowest BCUT2D eigenvalue weighted by Crippen LogP contribution is -2.53. The molecule has 20 heavy (non-hydrogen) atoms. The molecule has 4 nitrogen and oxygen atoms in total. The number of anilines is 1. The predicted molar refractivity (Wildman–Crippen MR) is 76.3 cm³/mol. The summed E-state index contributed by atoms with van der Waals surface area (Å²) in [6, 6.07) is 3.48. The molecule has 0 aromatic heterocycles. The Bertz CT molecular complexity index is 561. The highest BCUT2D eigenvalue weighted by atomic mass is 19.1. The van der Waals surface area contributed by atoms with E-state index in [-0.39, 0.29) is 23.2 Å². The summed E-state index contributed by atoms with van der Waals surface area (Å²) in [5.41, 5.74) is 1.11. The number of rotatable bonds is 2. The van der Waals surface area contributed by atoms with Crippen LogP contribution in [0.15, 0.2) is 17.1 Å². The van der Waals surface area contributed by atoms with E-state index in [1.54, 1.807) is 12.3 Å². The van der Waals surface area contributed by atoms with Gasteiger partial charge in [-0.15, -0.1) is 0 Å². The molecule has 1 aromatic carbocycles. The molecule has 2 unspecified atom stereocenters. The van der Waals surface area contributed by atoms with Crippen LogP contribution < -0.4 is 9.64 Å². The van der Waals surface area contributed by atoms with E-state index in [1.165, 1.54) is 7.11 Å². The highest BCUT2D eigenvalue weighted by Gasteiger charge is 2.44. The van der Waals surface area contributed by atoms with Crippen molar-refractivity contribution in [3.8, 4) is 5.75 Å². The van der Waals surface area contributed by atoms with E-state index in [2.05, 4.69) is 11.9 Å². The van der Waals surface area contributed by atoms with E-state index in [4.69, 9.17) is 9.47 Å². The van der Waals surface area contributed by atoms with E-state index >= 15 is 0 Å². The average molecular weight is 278 g/mol. The molecule has 2 aliphatic rings. The molecule has 1 aromatic rings. The van der Waals surface area contributed by atoms with E-state index in [9.17, 15) is 4.39 Å². The van der Waals surface area contributed by atoms with Crippen molar-refractivity contribution in [3.05, 3.63) is 23.5 Å². The first-order valence-electron chi connectivity index (χ1n) is 6.83. The first kappa shape index (κ1) is 13.4. The summed E-state index contributed by atoms with van der Waals surface area (Å²) in [4.78, 5) is 6.37. The quantitative estimate of drug-likeness (QED) is 0.834. The molecule has 3 rings (SSSR count). The maximum absolute atomic E-state index is 14.7. The number of benzene rings is 1. The minimum Gasteiger partial charge on any atom is -0.494 e. The highest BCUT2D eigenvalue weighted by molar-refractivity contribution is 5.91. The number of fused-ring (bicyclic) bond motifs is 1. The number of methoxy groups -OCH3 is 1. The van der Waals surface area contributed by atoms with Crippen molar-refractivity contribution < 1.29 is 13.9 Å². The van der Waals surface area contributed by atoms with Crippen LogP contribution in [0.4, 0.5) is 10.1 Å². The molecule has 108 valence electrons. The third-order valence-corrected chi connectivity index (χ3v) is 4.52. The minimum absolute atomic E-state index is 0.0363. The topological polar surface area (TPSA) is 34.1 Å². The Kier molecular flexibility index (Phi) is 3.17. The molecule has 2 atom stereocenters. The van der Waals surface area contributed by atoms with Crippen molar-refractivity contribution in [2.45, 2.75) is 31.9 Å². The van der Waals surface area contributed by atoms with Gasteiger partial charge in [-0.3, -0.25) is 4.99 Å². The lowest BCUT2D eigenvalue weighted by Gasteiger charge is -2.43. The van der Waals surface area contributed by atoms with Crippen LogP contribution in [0, 0.1) is 5.82 Å². The number of aliphatic imine (C=N–C) groups is 1. The number of hydrogen-bond donors (Lipinski definition) is 0. The molecule has 2 aliphatic heterocycles. The maximum atomic E-state index is 14.7. The van der Waals surface area contributed by atoms with E-state index in [1.807, 2.05) is 17.9 Å². The first-order chi connectivity index (χ1) is 9.58. The lowest BCUT2D eigenvalue weighted by molar-refractivity contribution is 0.0973. The van der Waals surface area contributed by atoms with Crippen molar-refractivity contribution in [2.75, 3.05) is 25.3 Å². The normalized spacial score (nSPS) is 28.6. The summed E-state index contributed by atoms with van der Waals surface area (Å²) in [6.07, 6.45) is 2.62. The zero-order valence-electron chi connectivity index (χ0n) is 12.0. The van der Waals surface area contributed by atoms with Gasteiger partial charge in [-0.05, 0) is 32.4 Å². The number of halogens is 1. The van der Waals surface area contributed by atoms with Gasteiger partial charge in [-0.1, -0.05) is 0 Å². The van der Waals surface area contributed by atoms with E-state index in [0.717, 1.165) is 12.0 Å². The smallest absolute Gasteiger partial charge is 0.189 e. The fourth-order valence-corrected chi connectivity index (χ4v) is 2.99. The molecule has 0 spiro atoms. The second-order valence-electron chi connectivity index (χ2n) is 5.52. The molecule has 5 heteroatoms. The average Bonchev–Trinajstić information content (AvgIpc) is 2.80. The molecule has 0 aliphatic carbocycles. The molecule has 1 fully saturated rings. The van der Waals surface area contributed by atoms with Crippen LogP contribution in [-0.4, -0.2) is 38.2 Å². The zero-order chi connectivity index (χ0) is 14.3. The van der Waals surface area contributed by atoms with Crippen molar-refractivity contribution in [3.63, 3.8) is 0 Å². The van der Waals surface area contributed by atoms with Gasteiger partial charge in [0.25, 0.3) is 0 Å². The molecular formula is C15H19FN2O2. The summed E-state index contributed by atoms with van der Waals surface area (Å²) >= 11 is 0. The Morgan fingerprint density at radius 2 is 2.30 bits per heavy atom. The summed E-state index contributed by atoms with van der Waals surface area (Å²) in [7, 11) is 1.48. The van der Waals surface area contributed by atoms with Gasteiger partial charge in [0.15, 0.2) is 11.6 Å². The van der Waals surface area contributed by atoms with E-state index < -0.39 is 0 Å². The van der Waals surface area contributed by atoms with Crippen LogP contribution in [0.3, 0.4) is 0 Å². The van der Waals surface area contributed by atoms with Crippen molar-refractivity contribution in [1.82, 2.24) is 0 Å². The Hall–Kier alpha value is -1.62. The molecule has 0 bridgehead atoms. The summed E-state index contributed by atoms with van der Waals surface area (Å²) < 4.78 is 25.5. The number of nitrogens with zero attached hydrogens (tertiary/aromatic N) is 2. The molecule has 1 saturated heterocycles. The predicted octanol–water partition coefficient (Wildman–Crippen LogP) is 2.60. The fraction of sp³-hybridized carbons (Fsp3) is 0.533. The van der Waals surface area contributed by atoms with Crippen LogP contribution in [0.1, 0.15) is 25.8 Å². The van der Waals surface area contributed by atoms with Crippen LogP contribution >= 0.6 is 0 Å². The van der Waals surface area contributed by atoms with Gasteiger partial charge in [0.2, 0.25) is 0 Å². The van der Waals surface area contributed by atoms with Gasteiger partial charge in [0.05, 0.1) is 24.4 Å². The Morgan fingerprint density at radius 1 is 1.50 bits per heavy atom.